The number of halogens is 2. The molecule has 0 spiro atoms. The Morgan fingerprint density at radius 3 is 2.30 bits per heavy atom. The lowest BCUT2D eigenvalue weighted by atomic mass is 9.94. The fourth-order valence-corrected chi connectivity index (χ4v) is 3.97. The first-order chi connectivity index (χ1) is 14.0. The van der Waals surface area contributed by atoms with Crippen molar-refractivity contribution in [3.8, 4) is 0 Å². The first-order valence-electron chi connectivity index (χ1n) is 9.49. The largest absolute Gasteiger partial charge is 0.481 e. The second kappa shape index (κ2) is 8.36. The van der Waals surface area contributed by atoms with E-state index in [9.17, 15) is 14.7 Å². The Morgan fingerprint density at radius 1 is 1.13 bits per heavy atom. The van der Waals surface area contributed by atoms with Gasteiger partial charge in [0.1, 0.15) is 11.5 Å². The molecule has 1 aliphatic rings. The van der Waals surface area contributed by atoms with Gasteiger partial charge < -0.3 is 14.7 Å². The summed E-state index contributed by atoms with van der Waals surface area (Å²) in [6, 6.07) is 11.9. The quantitative estimate of drug-likeness (QED) is 0.672. The van der Waals surface area contributed by atoms with E-state index >= 15 is 0 Å². The van der Waals surface area contributed by atoms with E-state index in [-0.39, 0.29) is 16.6 Å². The Morgan fingerprint density at radius 2 is 1.73 bits per heavy atom. The molecule has 1 N–H and O–H groups in total. The van der Waals surface area contributed by atoms with Crippen molar-refractivity contribution < 1.29 is 19.4 Å². The van der Waals surface area contributed by atoms with E-state index in [4.69, 9.17) is 27.9 Å². The third-order valence-electron chi connectivity index (χ3n) is 4.89. The number of nitrogens with zero attached hydrogens (tertiary/aromatic N) is 2. The summed E-state index contributed by atoms with van der Waals surface area (Å²) in [5.74, 6) is -2.03. The maximum Gasteiger partial charge on any atom is 0.415 e. The number of hydrogen-bond donors (Lipinski definition) is 1. The van der Waals surface area contributed by atoms with Crippen molar-refractivity contribution in [2.45, 2.75) is 38.3 Å². The zero-order valence-corrected chi connectivity index (χ0v) is 18.7. The van der Waals surface area contributed by atoms with Crippen molar-refractivity contribution in [1.82, 2.24) is 0 Å². The highest BCUT2D eigenvalue weighted by molar-refractivity contribution is 6.42. The molecule has 2 aromatic carbocycles. The van der Waals surface area contributed by atoms with Gasteiger partial charge in [-0.05, 0) is 50.6 Å². The number of carboxylic acid groups (broad SMARTS) is 1. The number of fused-ring (bicyclic) bond motifs is 1. The van der Waals surface area contributed by atoms with Gasteiger partial charge in [0.15, 0.2) is 0 Å². The highest BCUT2D eigenvalue weighted by atomic mass is 35.5. The molecule has 0 aromatic heterocycles. The number of carbonyl (C=O) groups is 2. The molecule has 0 saturated carbocycles. The smallest absolute Gasteiger partial charge is 0.415 e. The highest BCUT2D eigenvalue weighted by Crippen LogP contribution is 2.45. The molecular formula is C22H24Cl2N2O4. The number of anilines is 2. The number of likely N-dealkylation sites (N-methyl/N-ethyl adjacent to an activating group) is 1. The fraction of sp³-hybridized carbons (Fsp3) is 0.364. The summed E-state index contributed by atoms with van der Waals surface area (Å²) in [4.78, 5) is 28.7. The fourth-order valence-electron chi connectivity index (χ4n) is 3.64. The number of ether oxygens (including phenoxy) is 1. The Kier molecular flexibility index (Phi) is 6.20. The summed E-state index contributed by atoms with van der Waals surface area (Å²) < 4.78 is 5.59. The molecule has 3 rings (SSSR count). The molecule has 1 heterocycles. The molecule has 8 heteroatoms. The van der Waals surface area contributed by atoms with Crippen molar-refractivity contribution in [2.75, 3.05) is 23.4 Å². The van der Waals surface area contributed by atoms with Crippen LogP contribution in [-0.4, -0.2) is 42.4 Å². The van der Waals surface area contributed by atoms with E-state index in [2.05, 4.69) is 0 Å². The first kappa shape index (κ1) is 22.2. The number of carbonyl (C=O) groups excluding carboxylic acids is 1. The molecule has 6 nitrogen and oxygen atoms in total. The van der Waals surface area contributed by atoms with Gasteiger partial charge in [-0.15, -0.1) is 0 Å². The summed E-state index contributed by atoms with van der Waals surface area (Å²) in [6.07, 6.45) is -0.627. The van der Waals surface area contributed by atoms with Gasteiger partial charge in [0, 0.05) is 19.3 Å². The molecule has 2 aromatic rings. The molecule has 2 atom stereocenters. The van der Waals surface area contributed by atoms with Crippen molar-refractivity contribution in [1.29, 1.82) is 0 Å². The Labute approximate surface area is 185 Å². The zero-order chi connectivity index (χ0) is 22.2. The third-order valence-corrected chi connectivity index (χ3v) is 5.62. The van der Waals surface area contributed by atoms with E-state index in [1.807, 2.05) is 42.3 Å². The summed E-state index contributed by atoms with van der Waals surface area (Å²) >= 11 is 12.4. The van der Waals surface area contributed by atoms with Crippen LogP contribution in [0.25, 0.3) is 0 Å². The molecule has 0 saturated heterocycles. The van der Waals surface area contributed by atoms with E-state index in [1.54, 1.807) is 20.8 Å². The van der Waals surface area contributed by atoms with Crippen LogP contribution in [0.3, 0.4) is 0 Å². The predicted octanol–water partition coefficient (Wildman–Crippen LogP) is 5.42. The van der Waals surface area contributed by atoms with Gasteiger partial charge in [0.2, 0.25) is 0 Å². The molecule has 0 fully saturated rings. The van der Waals surface area contributed by atoms with Crippen molar-refractivity contribution in [2.24, 2.45) is 0 Å². The second-order valence-electron chi connectivity index (χ2n) is 8.27. The Balaban J connectivity index is 2.07. The van der Waals surface area contributed by atoms with Gasteiger partial charge >= 0.3 is 12.1 Å². The molecule has 30 heavy (non-hydrogen) atoms. The predicted molar refractivity (Wildman–Crippen MR) is 119 cm³/mol. The average molecular weight is 451 g/mol. The first-order valence-corrected chi connectivity index (χ1v) is 10.3. The number of benzene rings is 2. The van der Waals surface area contributed by atoms with E-state index in [1.165, 1.54) is 17.0 Å². The monoisotopic (exact) mass is 450 g/mol. The molecule has 0 radical (unpaired) electrons. The van der Waals surface area contributed by atoms with Crippen LogP contribution in [0.15, 0.2) is 42.5 Å². The van der Waals surface area contributed by atoms with Crippen molar-refractivity contribution in [3.63, 3.8) is 0 Å². The summed E-state index contributed by atoms with van der Waals surface area (Å²) in [7, 11) is 1.85. The van der Waals surface area contributed by atoms with Crippen molar-refractivity contribution in [3.05, 3.63) is 58.1 Å². The summed E-state index contributed by atoms with van der Waals surface area (Å²) in [6.45, 7) is 5.55. The number of para-hydroxylation sites is 1. The Bertz CT molecular complexity index is 960. The highest BCUT2D eigenvalue weighted by Gasteiger charge is 2.47. The van der Waals surface area contributed by atoms with Gasteiger partial charge in [-0.2, -0.15) is 0 Å². The zero-order valence-electron chi connectivity index (χ0n) is 17.2. The standard InChI is InChI=1S/C22H24Cl2N2O4/c1-22(2,3)30-21(29)26-17-11-16(24)15(23)10-14(17)19(20(27)28)18(26)12-25(4)13-8-6-5-7-9-13/h5-11,18-19H,12H2,1-4H3,(H,27,28). The second-order valence-corrected chi connectivity index (χ2v) is 9.09. The van der Waals surface area contributed by atoms with Crippen LogP contribution in [0.1, 0.15) is 32.3 Å². The molecule has 160 valence electrons. The molecule has 0 aliphatic carbocycles. The lowest BCUT2D eigenvalue weighted by molar-refractivity contribution is -0.139. The van der Waals surface area contributed by atoms with Crippen molar-refractivity contribution >= 4 is 46.6 Å². The summed E-state index contributed by atoms with van der Waals surface area (Å²) in [5, 5.41) is 10.5. The number of aliphatic carboxylic acids is 1. The average Bonchev–Trinajstić information content (AvgIpc) is 2.94. The molecule has 1 aliphatic heterocycles. The van der Waals surface area contributed by atoms with Gasteiger partial charge in [0.25, 0.3) is 0 Å². The number of rotatable bonds is 4. The van der Waals surface area contributed by atoms with E-state index < -0.39 is 29.6 Å². The number of hydrogen-bond acceptors (Lipinski definition) is 4. The van der Waals surface area contributed by atoms with Crippen LogP contribution in [-0.2, 0) is 9.53 Å². The van der Waals surface area contributed by atoms with Crippen LogP contribution < -0.4 is 9.80 Å². The van der Waals surface area contributed by atoms with Gasteiger partial charge in [-0.25, -0.2) is 4.79 Å². The van der Waals surface area contributed by atoms with Gasteiger partial charge in [-0.1, -0.05) is 41.4 Å². The van der Waals surface area contributed by atoms with Gasteiger partial charge in [0.05, 0.1) is 21.8 Å². The normalized spacial score (nSPS) is 18.1. The third kappa shape index (κ3) is 4.50. The molecule has 2 unspecified atom stereocenters. The van der Waals surface area contributed by atoms with Crippen LogP contribution in [0.5, 0.6) is 0 Å². The molecular weight excluding hydrogens is 427 g/mol. The topological polar surface area (TPSA) is 70.1 Å². The van der Waals surface area contributed by atoms with Crippen LogP contribution >= 0.6 is 23.2 Å². The maximum absolute atomic E-state index is 13.1. The molecule has 1 amide bonds. The van der Waals surface area contributed by atoms with Crippen LogP contribution in [0.2, 0.25) is 10.0 Å². The minimum absolute atomic E-state index is 0.239. The Hall–Kier alpha value is -2.44. The number of carboxylic acids is 1. The number of amides is 1. The van der Waals surface area contributed by atoms with Crippen LogP contribution in [0.4, 0.5) is 16.2 Å². The minimum Gasteiger partial charge on any atom is -0.481 e. The van der Waals surface area contributed by atoms with Crippen LogP contribution in [0, 0.1) is 0 Å². The summed E-state index contributed by atoms with van der Waals surface area (Å²) in [5.41, 5.74) is 0.995. The SMILES string of the molecule is CN(CC1C(C(=O)O)c2cc(Cl)c(Cl)cc2N1C(=O)OC(C)(C)C)c1ccccc1. The van der Waals surface area contributed by atoms with E-state index in [0.717, 1.165) is 5.69 Å². The molecule has 0 bridgehead atoms. The minimum atomic E-state index is -1.05. The lowest BCUT2D eigenvalue weighted by Crippen LogP contribution is -2.49. The maximum atomic E-state index is 13.1. The van der Waals surface area contributed by atoms with E-state index in [0.29, 0.717) is 11.3 Å². The lowest BCUT2D eigenvalue weighted by Gasteiger charge is -2.33. The van der Waals surface area contributed by atoms with Gasteiger partial charge in [-0.3, -0.25) is 9.69 Å².